The highest BCUT2D eigenvalue weighted by molar-refractivity contribution is 5.98. The van der Waals surface area contributed by atoms with Crippen LogP contribution in [0.3, 0.4) is 0 Å². The number of carbonyl (C=O) groups excluding carboxylic acids is 3. The molecule has 0 aromatic carbocycles. The van der Waals surface area contributed by atoms with Crippen molar-refractivity contribution in [1.29, 1.82) is 0 Å². The molecular formula is C24H36N2O6. The predicted octanol–water partition coefficient (Wildman–Crippen LogP) is 1.67. The Labute approximate surface area is 190 Å². The third-order valence-electron chi connectivity index (χ3n) is 7.01. The van der Waals surface area contributed by atoms with Gasteiger partial charge in [0, 0.05) is 12.6 Å². The molecule has 178 valence electrons. The number of fused-ring (bicyclic) bond motifs is 1. The van der Waals surface area contributed by atoms with E-state index in [0.29, 0.717) is 25.8 Å². The van der Waals surface area contributed by atoms with Crippen LogP contribution >= 0.6 is 0 Å². The highest BCUT2D eigenvalue weighted by Crippen LogP contribution is 2.59. The van der Waals surface area contributed by atoms with Gasteiger partial charge in [0.05, 0.1) is 37.2 Å². The minimum Gasteiger partial charge on any atom is -0.465 e. The Morgan fingerprint density at radius 2 is 2.06 bits per heavy atom. The molecule has 3 aliphatic rings. The molecule has 2 unspecified atom stereocenters. The van der Waals surface area contributed by atoms with E-state index in [-0.39, 0.29) is 31.1 Å². The molecule has 8 heteroatoms. The van der Waals surface area contributed by atoms with Crippen molar-refractivity contribution in [1.82, 2.24) is 9.80 Å². The van der Waals surface area contributed by atoms with Crippen LogP contribution in [0.25, 0.3) is 0 Å². The Balaban J connectivity index is 1.96. The van der Waals surface area contributed by atoms with Crippen LogP contribution in [0.1, 0.15) is 46.5 Å². The standard InChI is InChI=1S/C24H36N2O6/c1-6-8-9-13-31-23(30)18-17-10-11-24(32-17)19(18)21(28)26(16(5)14-27)20(24)22(29)25(12-7-2)15(3)4/h6-7,15-20,27H,1-2,8-14H2,3-5H3/t16-,17-,18+,19+,20?,24?/m1/s1. The first-order valence-electron chi connectivity index (χ1n) is 11.5. The van der Waals surface area contributed by atoms with Gasteiger partial charge >= 0.3 is 5.97 Å². The smallest absolute Gasteiger partial charge is 0.312 e. The van der Waals surface area contributed by atoms with Gasteiger partial charge in [-0.15, -0.1) is 13.2 Å². The van der Waals surface area contributed by atoms with E-state index in [0.717, 1.165) is 6.42 Å². The number of aliphatic hydroxyl groups excluding tert-OH is 1. The maximum atomic E-state index is 13.8. The van der Waals surface area contributed by atoms with E-state index in [9.17, 15) is 19.5 Å². The van der Waals surface area contributed by atoms with Gasteiger partial charge < -0.3 is 24.4 Å². The van der Waals surface area contributed by atoms with Gasteiger partial charge in [-0.05, 0) is 46.5 Å². The molecule has 0 radical (unpaired) electrons. The number of carbonyl (C=O) groups is 3. The zero-order chi connectivity index (χ0) is 23.6. The lowest BCUT2D eigenvalue weighted by atomic mass is 9.70. The van der Waals surface area contributed by atoms with E-state index in [4.69, 9.17) is 9.47 Å². The lowest BCUT2D eigenvalue weighted by Gasteiger charge is -2.39. The van der Waals surface area contributed by atoms with E-state index in [2.05, 4.69) is 13.2 Å². The minimum atomic E-state index is -1.08. The molecule has 3 fully saturated rings. The second-order valence-corrected chi connectivity index (χ2v) is 9.30. The molecule has 1 N–H and O–H groups in total. The molecular weight excluding hydrogens is 412 g/mol. The fraction of sp³-hybridized carbons (Fsp3) is 0.708. The third-order valence-corrected chi connectivity index (χ3v) is 7.01. The summed E-state index contributed by atoms with van der Waals surface area (Å²) >= 11 is 0. The number of ether oxygens (including phenoxy) is 2. The number of hydrogen-bond donors (Lipinski definition) is 1. The first-order chi connectivity index (χ1) is 15.2. The zero-order valence-corrected chi connectivity index (χ0v) is 19.4. The normalized spacial score (nSPS) is 31.5. The number of allylic oxidation sites excluding steroid dienone is 1. The van der Waals surface area contributed by atoms with Crippen molar-refractivity contribution >= 4 is 17.8 Å². The molecule has 0 aromatic heterocycles. The average Bonchev–Trinajstić information content (AvgIpc) is 3.41. The number of amides is 2. The van der Waals surface area contributed by atoms with Crippen LogP contribution in [0.2, 0.25) is 0 Å². The molecule has 0 aromatic rings. The van der Waals surface area contributed by atoms with Crippen LogP contribution in [-0.2, 0) is 23.9 Å². The average molecular weight is 449 g/mol. The number of nitrogens with zero attached hydrogens (tertiary/aromatic N) is 2. The van der Waals surface area contributed by atoms with Crippen molar-refractivity contribution in [3.63, 3.8) is 0 Å². The van der Waals surface area contributed by atoms with Crippen molar-refractivity contribution < 1.29 is 29.0 Å². The maximum absolute atomic E-state index is 13.8. The van der Waals surface area contributed by atoms with E-state index in [1.807, 2.05) is 13.8 Å². The predicted molar refractivity (Wildman–Crippen MR) is 118 cm³/mol. The van der Waals surface area contributed by atoms with Crippen molar-refractivity contribution in [2.45, 2.75) is 76.3 Å². The van der Waals surface area contributed by atoms with Gasteiger partial charge in [-0.1, -0.05) is 12.2 Å². The first kappa shape index (κ1) is 24.5. The zero-order valence-electron chi connectivity index (χ0n) is 19.4. The molecule has 3 rings (SSSR count). The lowest BCUT2D eigenvalue weighted by Crippen LogP contribution is -2.59. The molecule has 3 heterocycles. The largest absolute Gasteiger partial charge is 0.465 e. The van der Waals surface area contributed by atoms with Crippen LogP contribution < -0.4 is 0 Å². The number of esters is 1. The Kier molecular flexibility index (Phi) is 7.45. The van der Waals surface area contributed by atoms with Crippen molar-refractivity contribution in [3.05, 3.63) is 25.3 Å². The summed E-state index contributed by atoms with van der Waals surface area (Å²) in [6.45, 7) is 13.2. The highest BCUT2D eigenvalue weighted by atomic mass is 16.6. The fourth-order valence-corrected chi connectivity index (χ4v) is 5.55. The van der Waals surface area contributed by atoms with Crippen LogP contribution in [0.5, 0.6) is 0 Å². The van der Waals surface area contributed by atoms with Gasteiger partial charge in [0.1, 0.15) is 11.6 Å². The summed E-state index contributed by atoms with van der Waals surface area (Å²) in [6, 6.07) is -1.59. The molecule has 6 atom stereocenters. The number of rotatable bonds is 11. The van der Waals surface area contributed by atoms with E-state index in [1.54, 1.807) is 24.0 Å². The topological polar surface area (TPSA) is 96.4 Å². The molecule has 32 heavy (non-hydrogen) atoms. The summed E-state index contributed by atoms with van der Waals surface area (Å²) in [5.41, 5.74) is -1.08. The van der Waals surface area contributed by atoms with Crippen LogP contribution in [-0.4, -0.2) is 82.3 Å². The number of unbranched alkanes of at least 4 members (excludes halogenated alkanes) is 1. The molecule has 3 saturated heterocycles. The summed E-state index contributed by atoms with van der Waals surface area (Å²) < 4.78 is 11.8. The Morgan fingerprint density at radius 3 is 2.66 bits per heavy atom. The molecule has 0 saturated carbocycles. The van der Waals surface area contributed by atoms with E-state index < -0.39 is 41.6 Å². The third kappa shape index (κ3) is 3.88. The second kappa shape index (κ2) is 9.75. The van der Waals surface area contributed by atoms with Crippen molar-refractivity contribution in [2.24, 2.45) is 11.8 Å². The molecule has 1 spiro atoms. The molecule has 0 aliphatic carbocycles. The summed E-state index contributed by atoms with van der Waals surface area (Å²) in [7, 11) is 0. The Hall–Kier alpha value is -2.19. The summed E-state index contributed by atoms with van der Waals surface area (Å²) in [4.78, 5) is 43.6. The van der Waals surface area contributed by atoms with Gasteiger partial charge in [-0.3, -0.25) is 14.4 Å². The first-order valence-corrected chi connectivity index (χ1v) is 11.5. The van der Waals surface area contributed by atoms with Gasteiger partial charge in [-0.25, -0.2) is 0 Å². The van der Waals surface area contributed by atoms with Gasteiger partial charge in [0.15, 0.2) is 0 Å². The van der Waals surface area contributed by atoms with E-state index >= 15 is 0 Å². The van der Waals surface area contributed by atoms with Crippen LogP contribution in [0, 0.1) is 11.8 Å². The van der Waals surface area contributed by atoms with Gasteiger partial charge in [-0.2, -0.15) is 0 Å². The number of hydrogen-bond acceptors (Lipinski definition) is 6. The van der Waals surface area contributed by atoms with Crippen LogP contribution in [0.4, 0.5) is 0 Å². The fourth-order valence-electron chi connectivity index (χ4n) is 5.55. The molecule has 2 amide bonds. The SMILES string of the molecule is C=CCCCOC(=O)[C@@H]1[C@H]2C(=O)N([C@H](C)CO)C(C(=O)N(CC=C)C(C)C)C23CC[C@H]1O3. The van der Waals surface area contributed by atoms with Gasteiger partial charge in [0.2, 0.25) is 11.8 Å². The number of aliphatic hydroxyl groups is 1. The maximum Gasteiger partial charge on any atom is 0.312 e. The van der Waals surface area contributed by atoms with Gasteiger partial charge in [0.25, 0.3) is 0 Å². The lowest BCUT2D eigenvalue weighted by molar-refractivity contribution is -0.156. The summed E-state index contributed by atoms with van der Waals surface area (Å²) in [6.07, 6.45) is 5.47. The Morgan fingerprint density at radius 1 is 1.34 bits per heavy atom. The monoisotopic (exact) mass is 448 g/mol. The second-order valence-electron chi connectivity index (χ2n) is 9.30. The molecule has 3 aliphatic heterocycles. The molecule has 8 nitrogen and oxygen atoms in total. The van der Waals surface area contributed by atoms with Crippen molar-refractivity contribution in [3.8, 4) is 0 Å². The van der Waals surface area contributed by atoms with Crippen LogP contribution in [0.15, 0.2) is 25.3 Å². The quantitative estimate of drug-likeness (QED) is 0.293. The molecule has 2 bridgehead atoms. The number of likely N-dealkylation sites (tertiary alicyclic amines) is 1. The minimum absolute atomic E-state index is 0.110. The van der Waals surface area contributed by atoms with Crippen molar-refractivity contribution in [2.75, 3.05) is 19.8 Å². The summed E-state index contributed by atoms with van der Waals surface area (Å²) in [5, 5.41) is 9.86. The highest BCUT2D eigenvalue weighted by Gasteiger charge is 2.75. The Bertz CT molecular complexity index is 768. The van der Waals surface area contributed by atoms with E-state index in [1.165, 1.54) is 4.90 Å². The summed E-state index contributed by atoms with van der Waals surface area (Å²) in [5.74, 6) is -2.53.